The molecule has 0 N–H and O–H groups in total. The molecule has 2 aromatic rings. The molecule has 15 heavy (non-hydrogen) atoms. The number of fused-ring (bicyclic) bond motifs is 1. The minimum absolute atomic E-state index is 0.529. The first-order chi connectivity index (χ1) is 7.19. The van der Waals surface area contributed by atoms with Crippen LogP contribution >= 0.6 is 7.60 Å². The van der Waals surface area contributed by atoms with Crippen LogP contribution in [0.3, 0.4) is 0 Å². The Hall–Kier alpha value is -1.09. The summed E-state index contributed by atoms with van der Waals surface area (Å²) in [7, 11) is -0.425. The summed E-state index contributed by atoms with van der Waals surface area (Å²) in [6.07, 6.45) is 1.58. The summed E-state index contributed by atoms with van der Waals surface area (Å²) in [5.74, 6) is 0. The molecule has 5 heteroatoms. The molecule has 1 aromatic carbocycles. The Morgan fingerprint density at radius 2 is 1.93 bits per heavy atom. The fourth-order valence-corrected chi connectivity index (χ4v) is 2.53. The van der Waals surface area contributed by atoms with Crippen molar-refractivity contribution in [2.75, 3.05) is 14.2 Å². The molecule has 1 heterocycles. The van der Waals surface area contributed by atoms with E-state index in [1.807, 2.05) is 0 Å². The fraction of sp³-hybridized carbons (Fsp3) is 0.200. The third-order valence-corrected chi connectivity index (χ3v) is 4.10. The number of rotatable bonds is 3. The number of hydrogen-bond donors (Lipinski definition) is 0. The molecule has 0 saturated heterocycles. The maximum absolute atomic E-state index is 12.0. The number of benzene rings is 1. The molecule has 1 aromatic heterocycles. The SMILES string of the molecule is COP(=O)(OC)c1ccc2occc2c1. The van der Waals surface area contributed by atoms with Crippen LogP contribution in [0.4, 0.5) is 0 Å². The summed E-state index contributed by atoms with van der Waals surface area (Å²) in [6, 6.07) is 6.97. The quantitative estimate of drug-likeness (QED) is 0.754. The first-order valence-corrected chi connectivity index (χ1v) is 5.93. The molecule has 80 valence electrons. The van der Waals surface area contributed by atoms with Gasteiger partial charge in [0.2, 0.25) is 0 Å². The van der Waals surface area contributed by atoms with Crippen molar-refractivity contribution in [1.82, 2.24) is 0 Å². The summed E-state index contributed by atoms with van der Waals surface area (Å²) < 4.78 is 27.0. The van der Waals surface area contributed by atoms with Gasteiger partial charge in [0.15, 0.2) is 0 Å². The standard InChI is InChI=1S/C10H11O4P/c1-12-15(11,13-2)9-3-4-10-8(7-9)5-6-14-10/h3-7H,1-2H3. The predicted octanol–water partition coefficient (Wildman–Crippen LogP) is 2.54. The molecule has 0 bridgehead atoms. The van der Waals surface area contributed by atoms with E-state index >= 15 is 0 Å². The van der Waals surface area contributed by atoms with Crippen LogP contribution in [0.5, 0.6) is 0 Å². The van der Waals surface area contributed by atoms with Crippen LogP contribution in [0.2, 0.25) is 0 Å². The van der Waals surface area contributed by atoms with Gasteiger partial charge in [-0.3, -0.25) is 4.57 Å². The Morgan fingerprint density at radius 1 is 1.20 bits per heavy atom. The van der Waals surface area contributed by atoms with E-state index in [4.69, 9.17) is 13.5 Å². The molecule has 0 aliphatic carbocycles. The highest BCUT2D eigenvalue weighted by Gasteiger charge is 2.24. The highest BCUT2D eigenvalue weighted by atomic mass is 31.2. The van der Waals surface area contributed by atoms with Gasteiger partial charge in [-0.2, -0.15) is 0 Å². The lowest BCUT2D eigenvalue weighted by atomic mass is 10.3. The van der Waals surface area contributed by atoms with Gasteiger partial charge in [0.05, 0.1) is 11.6 Å². The molecule has 0 aliphatic heterocycles. The molecule has 0 radical (unpaired) electrons. The van der Waals surface area contributed by atoms with Crippen LogP contribution < -0.4 is 5.30 Å². The highest BCUT2D eigenvalue weighted by molar-refractivity contribution is 7.62. The molecule has 0 aliphatic rings. The number of furan rings is 1. The fourth-order valence-electron chi connectivity index (χ4n) is 1.41. The van der Waals surface area contributed by atoms with Crippen LogP contribution in [0.15, 0.2) is 34.9 Å². The second-order valence-electron chi connectivity index (χ2n) is 3.01. The van der Waals surface area contributed by atoms with Crippen LogP contribution in [0.1, 0.15) is 0 Å². The molecule has 0 fully saturated rings. The monoisotopic (exact) mass is 226 g/mol. The van der Waals surface area contributed by atoms with Crippen molar-refractivity contribution in [2.45, 2.75) is 0 Å². The lowest BCUT2D eigenvalue weighted by molar-refractivity contribution is 0.287. The van der Waals surface area contributed by atoms with Gasteiger partial charge in [0.1, 0.15) is 5.58 Å². The smallest absolute Gasteiger partial charge is 0.360 e. The molecular formula is C10H11O4P. The van der Waals surface area contributed by atoms with Crippen molar-refractivity contribution < 1.29 is 18.0 Å². The Balaban J connectivity index is 2.56. The summed E-state index contributed by atoms with van der Waals surface area (Å²) in [4.78, 5) is 0. The Labute approximate surface area is 87.3 Å². The van der Waals surface area contributed by atoms with E-state index in [0.29, 0.717) is 5.30 Å². The van der Waals surface area contributed by atoms with E-state index in [1.54, 1.807) is 30.5 Å². The average molecular weight is 226 g/mol. The zero-order chi connectivity index (χ0) is 10.9. The van der Waals surface area contributed by atoms with Gasteiger partial charge in [-0.1, -0.05) is 0 Å². The zero-order valence-corrected chi connectivity index (χ0v) is 9.36. The maximum Gasteiger partial charge on any atom is 0.360 e. The van der Waals surface area contributed by atoms with Crippen LogP contribution in [-0.2, 0) is 13.6 Å². The van der Waals surface area contributed by atoms with Gasteiger partial charge in [-0.15, -0.1) is 0 Å². The molecule has 0 amide bonds. The van der Waals surface area contributed by atoms with Crippen molar-refractivity contribution in [3.05, 3.63) is 30.5 Å². The number of hydrogen-bond acceptors (Lipinski definition) is 4. The summed E-state index contributed by atoms with van der Waals surface area (Å²) in [5.41, 5.74) is 0.748. The van der Waals surface area contributed by atoms with Gasteiger partial charge in [0.25, 0.3) is 0 Å². The minimum Gasteiger partial charge on any atom is -0.464 e. The van der Waals surface area contributed by atoms with Gasteiger partial charge >= 0.3 is 7.60 Å². The molecule has 2 rings (SSSR count). The minimum atomic E-state index is -3.16. The van der Waals surface area contributed by atoms with Crippen molar-refractivity contribution in [3.63, 3.8) is 0 Å². The van der Waals surface area contributed by atoms with Crippen molar-refractivity contribution in [2.24, 2.45) is 0 Å². The third-order valence-electron chi connectivity index (χ3n) is 2.23. The first-order valence-electron chi connectivity index (χ1n) is 4.39. The molecule has 0 saturated carbocycles. The molecule has 0 unspecified atom stereocenters. The van der Waals surface area contributed by atoms with E-state index < -0.39 is 7.60 Å². The molecular weight excluding hydrogens is 215 g/mol. The van der Waals surface area contributed by atoms with E-state index in [0.717, 1.165) is 11.0 Å². The molecule has 4 nitrogen and oxygen atoms in total. The highest BCUT2D eigenvalue weighted by Crippen LogP contribution is 2.45. The first kappa shape index (κ1) is 10.4. The van der Waals surface area contributed by atoms with Gasteiger partial charge in [-0.05, 0) is 24.3 Å². The van der Waals surface area contributed by atoms with E-state index in [2.05, 4.69) is 0 Å². The van der Waals surface area contributed by atoms with Crippen molar-refractivity contribution >= 4 is 23.9 Å². The summed E-state index contributed by atoms with van der Waals surface area (Å²) >= 11 is 0. The zero-order valence-electron chi connectivity index (χ0n) is 8.47. The van der Waals surface area contributed by atoms with E-state index in [1.165, 1.54) is 14.2 Å². The van der Waals surface area contributed by atoms with Crippen molar-refractivity contribution in [1.29, 1.82) is 0 Å². The molecule has 0 spiro atoms. The van der Waals surface area contributed by atoms with Crippen LogP contribution in [0, 0.1) is 0 Å². The topological polar surface area (TPSA) is 48.7 Å². The Kier molecular flexibility index (Phi) is 2.65. The van der Waals surface area contributed by atoms with E-state index in [-0.39, 0.29) is 0 Å². The average Bonchev–Trinajstić information content (AvgIpc) is 2.74. The van der Waals surface area contributed by atoms with Crippen LogP contribution in [-0.4, -0.2) is 14.2 Å². The Morgan fingerprint density at radius 3 is 2.60 bits per heavy atom. The van der Waals surface area contributed by atoms with Crippen LogP contribution in [0.25, 0.3) is 11.0 Å². The normalized spacial score (nSPS) is 12.1. The molecule has 0 atom stereocenters. The summed E-state index contributed by atoms with van der Waals surface area (Å²) in [6.45, 7) is 0. The van der Waals surface area contributed by atoms with Gasteiger partial charge in [0, 0.05) is 19.6 Å². The summed E-state index contributed by atoms with van der Waals surface area (Å²) in [5, 5.41) is 1.41. The largest absolute Gasteiger partial charge is 0.464 e. The second kappa shape index (κ2) is 3.81. The van der Waals surface area contributed by atoms with E-state index in [9.17, 15) is 4.57 Å². The van der Waals surface area contributed by atoms with Gasteiger partial charge in [-0.25, -0.2) is 0 Å². The predicted molar refractivity (Wildman–Crippen MR) is 57.5 cm³/mol. The van der Waals surface area contributed by atoms with Gasteiger partial charge < -0.3 is 13.5 Å². The second-order valence-corrected chi connectivity index (χ2v) is 5.25. The lowest BCUT2D eigenvalue weighted by Gasteiger charge is -2.13. The lowest BCUT2D eigenvalue weighted by Crippen LogP contribution is -2.06. The maximum atomic E-state index is 12.0. The van der Waals surface area contributed by atoms with Crippen molar-refractivity contribution in [3.8, 4) is 0 Å². The third kappa shape index (κ3) is 1.72. The Bertz CT molecular complexity index is 509.